The van der Waals surface area contributed by atoms with Gasteiger partial charge in [-0.15, -0.1) is 0 Å². The fourth-order valence-electron chi connectivity index (χ4n) is 9.19. The van der Waals surface area contributed by atoms with Gasteiger partial charge < -0.3 is 18.6 Å². The normalized spacial score (nSPS) is 11.8. The number of aryl methyl sites for hydroxylation is 6. The van der Waals surface area contributed by atoms with Gasteiger partial charge in [-0.05, 0) is 171 Å². The molecule has 0 saturated carbocycles. The molecule has 0 aliphatic heterocycles. The van der Waals surface area contributed by atoms with Crippen LogP contribution in [0.5, 0.6) is 0 Å². The Morgan fingerprint density at radius 2 is 0.783 bits per heavy atom. The lowest BCUT2D eigenvalue weighted by Gasteiger charge is -2.27. The van der Waals surface area contributed by atoms with E-state index in [0.29, 0.717) is 0 Å². The van der Waals surface area contributed by atoms with Gasteiger partial charge in [-0.1, -0.05) is 82.9 Å². The standard InChI is InChI=1S/C56H44N2O2/c1-33-7-15-43(16-8-33)57(50-22-11-35(3)25-37(50)5)45-19-13-39-29-48-47-21-24-52-55(56(47)60-53(48)31-41(39)27-45)49-30-40-14-20-46(28-42(40)32-54(49)59-52)58(44-17-9-34(2)10-18-44)51-23-12-36(4)26-38(51)6/h7-32H,1-6H3. The molecule has 0 radical (unpaired) electrons. The van der Waals surface area contributed by atoms with E-state index in [-0.39, 0.29) is 0 Å². The van der Waals surface area contributed by atoms with Crippen LogP contribution in [0, 0.1) is 41.5 Å². The fourth-order valence-corrected chi connectivity index (χ4v) is 9.19. The Balaban J connectivity index is 1.04. The van der Waals surface area contributed by atoms with Crippen LogP contribution < -0.4 is 9.80 Å². The largest absolute Gasteiger partial charge is 0.456 e. The highest BCUT2D eigenvalue weighted by atomic mass is 16.3. The molecule has 0 unspecified atom stereocenters. The average Bonchev–Trinajstić information content (AvgIpc) is 3.79. The summed E-state index contributed by atoms with van der Waals surface area (Å²) in [4.78, 5) is 4.71. The zero-order valence-electron chi connectivity index (χ0n) is 34.7. The first-order valence-electron chi connectivity index (χ1n) is 20.7. The van der Waals surface area contributed by atoms with Crippen molar-refractivity contribution in [3.8, 4) is 0 Å². The Labute approximate surface area is 349 Å². The Bertz CT molecular complexity index is 3500. The van der Waals surface area contributed by atoms with Gasteiger partial charge in [0, 0.05) is 50.3 Å². The quantitative estimate of drug-likeness (QED) is 0.168. The SMILES string of the molecule is Cc1ccc(N(c2ccc3cc4c(cc3c2)oc2c4ccc3oc4cc5cc(N(c6ccc(C)cc6)c6ccc(C)cc6C)ccc5cc4c32)c2ccc(C)cc2C)cc1. The molecule has 11 aromatic rings. The van der Waals surface area contributed by atoms with Gasteiger partial charge in [-0.2, -0.15) is 0 Å². The average molecular weight is 777 g/mol. The molecule has 4 heteroatoms. The van der Waals surface area contributed by atoms with E-state index in [1.165, 1.54) is 33.4 Å². The second kappa shape index (κ2) is 13.6. The molecule has 0 spiro atoms. The van der Waals surface area contributed by atoms with Crippen molar-refractivity contribution in [2.75, 3.05) is 9.80 Å². The summed E-state index contributed by atoms with van der Waals surface area (Å²) in [6.45, 7) is 12.9. The summed E-state index contributed by atoms with van der Waals surface area (Å²) in [6.07, 6.45) is 0. The Morgan fingerprint density at radius 3 is 1.30 bits per heavy atom. The molecule has 0 atom stereocenters. The van der Waals surface area contributed by atoms with Crippen LogP contribution in [0.25, 0.3) is 65.4 Å². The predicted molar refractivity (Wildman–Crippen MR) is 254 cm³/mol. The van der Waals surface area contributed by atoms with E-state index in [9.17, 15) is 0 Å². The van der Waals surface area contributed by atoms with Crippen molar-refractivity contribution in [1.29, 1.82) is 0 Å². The third-order valence-electron chi connectivity index (χ3n) is 12.2. The van der Waals surface area contributed by atoms with Gasteiger partial charge in [0.1, 0.15) is 22.3 Å². The van der Waals surface area contributed by atoms with Crippen LogP contribution in [0.4, 0.5) is 34.1 Å². The maximum Gasteiger partial charge on any atom is 0.147 e. The number of hydrogen-bond acceptors (Lipinski definition) is 4. The van der Waals surface area contributed by atoms with Gasteiger partial charge in [0.25, 0.3) is 0 Å². The van der Waals surface area contributed by atoms with E-state index >= 15 is 0 Å². The summed E-state index contributed by atoms with van der Waals surface area (Å²) in [5.41, 5.74) is 17.6. The Kier molecular flexibility index (Phi) is 8.15. The molecule has 11 rings (SSSR count). The minimum atomic E-state index is 0.817. The summed E-state index contributed by atoms with van der Waals surface area (Å²) in [5, 5.41) is 8.78. The minimum absolute atomic E-state index is 0.817. The fraction of sp³-hybridized carbons (Fsp3) is 0.107. The maximum absolute atomic E-state index is 6.86. The first-order chi connectivity index (χ1) is 29.1. The van der Waals surface area contributed by atoms with Gasteiger partial charge in [-0.3, -0.25) is 0 Å². The topological polar surface area (TPSA) is 32.8 Å². The van der Waals surface area contributed by atoms with Crippen molar-refractivity contribution in [2.45, 2.75) is 41.5 Å². The number of furan rings is 2. The number of benzene rings is 9. The highest BCUT2D eigenvalue weighted by Crippen LogP contribution is 2.44. The first-order valence-corrected chi connectivity index (χ1v) is 20.7. The van der Waals surface area contributed by atoms with Gasteiger partial charge in [0.05, 0.1) is 5.39 Å². The number of anilines is 6. The molecule has 2 aromatic heterocycles. The van der Waals surface area contributed by atoms with E-state index in [1.807, 2.05) is 0 Å². The molecular weight excluding hydrogens is 733 g/mol. The molecule has 0 aliphatic carbocycles. The smallest absolute Gasteiger partial charge is 0.147 e. The Hall–Kier alpha value is -7.30. The van der Waals surface area contributed by atoms with Gasteiger partial charge in [-0.25, -0.2) is 0 Å². The molecule has 290 valence electrons. The van der Waals surface area contributed by atoms with E-state index in [0.717, 1.165) is 99.5 Å². The number of nitrogens with zero attached hydrogens (tertiary/aromatic N) is 2. The molecule has 0 bridgehead atoms. The van der Waals surface area contributed by atoms with Gasteiger partial charge in [0.2, 0.25) is 0 Å². The summed E-state index contributed by atoms with van der Waals surface area (Å²) in [7, 11) is 0. The van der Waals surface area contributed by atoms with Crippen LogP contribution in [0.2, 0.25) is 0 Å². The van der Waals surface area contributed by atoms with Crippen molar-refractivity contribution in [3.63, 3.8) is 0 Å². The molecule has 60 heavy (non-hydrogen) atoms. The van der Waals surface area contributed by atoms with E-state index in [1.54, 1.807) is 0 Å². The van der Waals surface area contributed by atoms with Crippen molar-refractivity contribution < 1.29 is 8.83 Å². The van der Waals surface area contributed by atoms with Crippen LogP contribution >= 0.6 is 0 Å². The van der Waals surface area contributed by atoms with E-state index < -0.39 is 0 Å². The van der Waals surface area contributed by atoms with Crippen LogP contribution in [-0.2, 0) is 0 Å². The minimum Gasteiger partial charge on any atom is -0.456 e. The molecule has 0 N–H and O–H groups in total. The lowest BCUT2D eigenvalue weighted by atomic mass is 10.0. The van der Waals surface area contributed by atoms with Gasteiger partial charge in [0.15, 0.2) is 0 Å². The highest BCUT2D eigenvalue weighted by molar-refractivity contribution is 6.24. The first kappa shape index (κ1) is 35.8. The number of hydrogen-bond donors (Lipinski definition) is 0. The second-order valence-corrected chi connectivity index (χ2v) is 16.7. The summed E-state index contributed by atoms with van der Waals surface area (Å²) in [5.74, 6) is 0. The lowest BCUT2D eigenvalue weighted by Crippen LogP contribution is -2.11. The molecule has 0 fully saturated rings. The van der Waals surface area contributed by atoms with E-state index in [4.69, 9.17) is 8.83 Å². The highest BCUT2D eigenvalue weighted by Gasteiger charge is 2.21. The maximum atomic E-state index is 6.86. The Morgan fingerprint density at radius 1 is 0.317 bits per heavy atom. The van der Waals surface area contributed by atoms with E-state index in [2.05, 4.69) is 209 Å². The zero-order valence-corrected chi connectivity index (χ0v) is 34.7. The van der Waals surface area contributed by atoms with Gasteiger partial charge >= 0.3 is 0 Å². The molecule has 2 heterocycles. The third-order valence-corrected chi connectivity index (χ3v) is 12.2. The van der Waals surface area contributed by atoms with Crippen molar-refractivity contribution >= 4 is 99.5 Å². The molecule has 0 saturated heterocycles. The molecule has 0 amide bonds. The van der Waals surface area contributed by atoms with Crippen LogP contribution in [0.1, 0.15) is 33.4 Å². The zero-order chi connectivity index (χ0) is 40.8. The molecule has 4 nitrogen and oxygen atoms in total. The summed E-state index contributed by atoms with van der Waals surface area (Å²) >= 11 is 0. The molecule has 9 aromatic carbocycles. The lowest BCUT2D eigenvalue weighted by molar-refractivity contribution is 0.663. The monoisotopic (exact) mass is 776 g/mol. The predicted octanol–water partition coefficient (Wildman–Crippen LogP) is 16.6. The third kappa shape index (κ3) is 5.90. The van der Waals surface area contributed by atoms with Crippen molar-refractivity contribution in [2.24, 2.45) is 0 Å². The second-order valence-electron chi connectivity index (χ2n) is 16.7. The molecular formula is C56H44N2O2. The van der Waals surface area contributed by atoms with Crippen LogP contribution in [-0.4, -0.2) is 0 Å². The van der Waals surface area contributed by atoms with Crippen molar-refractivity contribution in [3.05, 3.63) is 191 Å². The molecule has 0 aliphatic rings. The van der Waals surface area contributed by atoms with Crippen LogP contribution in [0.3, 0.4) is 0 Å². The van der Waals surface area contributed by atoms with Crippen LogP contribution in [0.15, 0.2) is 167 Å². The number of rotatable bonds is 6. The summed E-state index contributed by atoms with van der Waals surface area (Å²) in [6, 6.07) is 57.5. The number of fused-ring (bicyclic) bond motifs is 9. The van der Waals surface area contributed by atoms with Crippen molar-refractivity contribution in [1.82, 2.24) is 0 Å². The summed E-state index contributed by atoms with van der Waals surface area (Å²) < 4.78 is 13.5.